The molecule has 0 amide bonds. The third kappa shape index (κ3) is 1.56. The summed E-state index contributed by atoms with van der Waals surface area (Å²) in [5.74, 6) is 1.37. The fourth-order valence-electron chi connectivity index (χ4n) is 1.51. The van der Waals surface area contributed by atoms with Gasteiger partial charge in [0.15, 0.2) is 0 Å². The quantitative estimate of drug-likeness (QED) is 0.696. The van der Waals surface area contributed by atoms with Crippen molar-refractivity contribution in [3.8, 4) is 0 Å². The van der Waals surface area contributed by atoms with Crippen molar-refractivity contribution in [3.05, 3.63) is 11.8 Å². The Morgan fingerprint density at radius 2 is 2.08 bits per heavy atom. The molecule has 1 saturated heterocycles. The molecule has 4 nitrogen and oxygen atoms in total. The molecule has 0 atom stereocenters. The van der Waals surface area contributed by atoms with Crippen molar-refractivity contribution in [1.82, 2.24) is 9.97 Å². The second kappa shape index (κ2) is 3.20. The maximum absolute atomic E-state index is 5.71. The predicted octanol–water partition coefficient (Wildman–Crippen LogP) is 0.967. The smallest absolute Gasteiger partial charge is 0.227 e. The van der Waals surface area contributed by atoms with Gasteiger partial charge in [-0.2, -0.15) is 4.98 Å². The fraction of sp³-hybridized carbons (Fsp3) is 0.556. The van der Waals surface area contributed by atoms with Crippen LogP contribution in [0.5, 0.6) is 0 Å². The minimum Gasteiger partial charge on any atom is -0.383 e. The van der Waals surface area contributed by atoms with Crippen LogP contribution in [0.15, 0.2) is 6.20 Å². The van der Waals surface area contributed by atoms with Crippen molar-refractivity contribution < 1.29 is 0 Å². The van der Waals surface area contributed by atoms with Crippen LogP contribution in [-0.2, 0) is 0 Å². The number of nitrogens with two attached hydrogens (primary N) is 1. The maximum Gasteiger partial charge on any atom is 0.227 e. The second-order valence-electron chi connectivity index (χ2n) is 3.43. The summed E-state index contributed by atoms with van der Waals surface area (Å²) in [6.45, 7) is 4.04. The number of nitrogens with zero attached hydrogens (tertiary/aromatic N) is 3. The van der Waals surface area contributed by atoms with Gasteiger partial charge in [0.2, 0.25) is 5.95 Å². The van der Waals surface area contributed by atoms with Gasteiger partial charge in [0, 0.05) is 24.8 Å². The highest BCUT2D eigenvalue weighted by Crippen LogP contribution is 2.17. The van der Waals surface area contributed by atoms with Gasteiger partial charge in [-0.1, -0.05) is 0 Å². The average molecular weight is 178 g/mol. The van der Waals surface area contributed by atoms with E-state index in [4.69, 9.17) is 5.73 Å². The Morgan fingerprint density at radius 3 is 2.69 bits per heavy atom. The van der Waals surface area contributed by atoms with E-state index in [-0.39, 0.29) is 0 Å². The molecule has 1 fully saturated rings. The molecule has 13 heavy (non-hydrogen) atoms. The summed E-state index contributed by atoms with van der Waals surface area (Å²) >= 11 is 0. The molecule has 4 heteroatoms. The second-order valence-corrected chi connectivity index (χ2v) is 3.43. The fourth-order valence-corrected chi connectivity index (χ4v) is 1.51. The number of nitrogen functional groups attached to an aromatic ring is 1. The Labute approximate surface area is 77.8 Å². The van der Waals surface area contributed by atoms with Crippen molar-refractivity contribution in [2.24, 2.45) is 0 Å². The Morgan fingerprint density at radius 1 is 1.38 bits per heavy atom. The molecule has 2 N–H and O–H groups in total. The number of anilines is 2. The third-order valence-electron chi connectivity index (χ3n) is 2.39. The molecule has 0 bridgehead atoms. The molecule has 0 saturated carbocycles. The van der Waals surface area contributed by atoms with Gasteiger partial charge < -0.3 is 10.6 Å². The first-order valence-electron chi connectivity index (χ1n) is 4.61. The molecule has 0 aliphatic carbocycles. The van der Waals surface area contributed by atoms with Crippen molar-refractivity contribution >= 4 is 11.8 Å². The molecule has 0 aromatic carbocycles. The van der Waals surface area contributed by atoms with Crippen LogP contribution >= 0.6 is 0 Å². The van der Waals surface area contributed by atoms with Crippen LogP contribution in [0, 0.1) is 6.92 Å². The van der Waals surface area contributed by atoms with Crippen LogP contribution in [0.1, 0.15) is 18.4 Å². The maximum atomic E-state index is 5.71. The van der Waals surface area contributed by atoms with E-state index >= 15 is 0 Å². The zero-order valence-corrected chi connectivity index (χ0v) is 7.82. The molecule has 0 spiro atoms. The molecule has 1 aliphatic rings. The molecule has 0 unspecified atom stereocenters. The van der Waals surface area contributed by atoms with Gasteiger partial charge in [0.25, 0.3) is 0 Å². The Balaban J connectivity index is 2.25. The predicted molar refractivity (Wildman–Crippen MR) is 52.6 cm³/mol. The van der Waals surface area contributed by atoms with Crippen molar-refractivity contribution in [3.63, 3.8) is 0 Å². The van der Waals surface area contributed by atoms with Gasteiger partial charge >= 0.3 is 0 Å². The van der Waals surface area contributed by atoms with Gasteiger partial charge in [-0.25, -0.2) is 4.98 Å². The first-order chi connectivity index (χ1) is 6.27. The van der Waals surface area contributed by atoms with E-state index in [0.717, 1.165) is 24.6 Å². The van der Waals surface area contributed by atoms with E-state index in [1.807, 2.05) is 6.92 Å². The first-order valence-corrected chi connectivity index (χ1v) is 4.61. The zero-order chi connectivity index (χ0) is 9.26. The molecular formula is C9H14N4. The topological polar surface area (TPSA) is 55.0 Å². The van der Waals surface area contributed by atoms with Crippen molar-refractivity contribution in [2.45, 2.75) is 19.8 Å². The molecule has 1 aromatic heterocycles. The van der Waals surface area contributed by atoms with Crippen molar-refractivity contribution in [1.29, 1.82) is 0 Å². The third-order valence-corrected chi connectivity index (χ3v) is 2.39. The molecule has 70 valence electrons. The van der Waals surface area contributed by atoms with Crippen LogP contribution in [-0.4, -0.2) is 23.1 Å². The highest BCUT2D eigenvalue weighted by atomic mass is 15.3. The van der Waals surface area contributed by atoms with Gasteiger partial charge in [-0.15, -0.1) is 0 Å². The standard InChI is InChI=1S/C9H14N4/c1-7-6-11-9(12-8(7)10)13-4-2-3-5-13/h6H,2-5H2,1H3,(H2,10,11,12). The van der Waals surface area contributed by atoms with Crippen LogP contribution in [0.3, 0.4) is 0 Å². The van der Waals surface area contributed by atoms with Crippen LogP contribution in [0.4, 0.5) is 11.8 Å². The minimum absolute atomic E-state index is 0.594. The lowest BCUT2D eigenvalue weighted by Crippen LogP contribution is -2.20. The van der Waals surface area contributed by atoms with E-state index in [1.165, 1.54) is 12.8 Å². The van der Waals surface area contributed by atoms with E-state index in [9.17, 15) is 0 Å². The van der Waals surface area contributed by atoms with Crippen LogP contribution in [0.2, 0.25) is 0 Å². The average Bonchev–Trinajstić information content (AvgIpc) is 2.62. The molecule has 1 aromatic rings. The number of aromatic nitrogens is 2. The van der Waals surface area contributed by atoms with E-state index in [0.29, 0.717) is 5.82 Å². The summed E-state index contributed by atoms with van der Waals surface area (Å²) in [5, 5.41) is 0. The van der Waals surface area contributed by atoms with Gasteiger partial charge in [0.1, 0.15) is 5.82 Å². The van der Waals surface area contributed by atoms with Gasteiger partial charge in [-0.3, -0.25) is 0 Å². The highest BCUT2D eigenvalue weighted by Gasteiger charge is 2.14. The summed E-state index contributed by atoms with van der Waals surface area (Å²) in [6, 6.07) is 0. The lowest BCUT2D eigenvalue weighted by molar-refractivity contribution is 0.897. The monoisotopic (exact) mass is 178 g/mol. The summed E-state index contributed by atoms with van der Waals surface area (Å²) in [6.07, 6.45) is 4.25. The lowest BCUT2D eigenvalue weighted by Gasteiger charge is -2.15. The largest absolute Gasteiger partial charge is 0.383 e. The van der Waals surface area contributed by atoms with E-state index in [2.05, 4.69) is 14.9 Å². The molecular weight excluding hydrogens is 164 g/mol. The number of hydrogen-bond acceptors (Lipinski definition) is 4. The SMILES string of the molecule is Cc1cnc(N2CCCC2)nc1N. The summed E-state index contributed by atoms with van der Waals surface area (Å²) in [7, 11) is 0. The first kappa shape index (κ1) is 8.29. The summed E-state index contributed by atoms with van der Waals surface area (Å²) in [5.41, 5.74) is 6.66. The summed E-state index contributed by atoms with van der Waals surface area (Å²) < 4.78 is 0. The van der Waals surface area contributed by atoms with Crippen LogP contribution < -0.4 is 10.6 Å². The van der Waals surface area contributed by atoms with Gasteiger partial charge in [0.05, 0.1) is 0 Å². The van der Waals surface area contributed by atoms with E-state index < -0.39 is 0 Å². The minimum atomic E-state index is 0.594. The number of aryl methyl sites for hydroxylation is 1. The Kier molecular flexibility index (Phi) is 2.04. The van der Waals surface area contributed by atoms with Gasteiger partial charge in [-0.05, 0) is 19.8 Å². The lowest BCUT2D eigenvalue weighted by atomic mass is 10.3. The summed E-state index contributed by atoms with van der Waals surface area (Å²) in [4.78, 5) is 10.7. The molecule has 2 rings (SSSR count). The molecule has 2 heterocycles. The zero-order valence-electron chi connectivity index (χ0n) is 7.82. The van der Waals surface area contributed by atoms with E-state index in [1.54, 1.807) is 6.20 Å². The molecule has 0 radical (unpaired) electrons. The van der Waals surface area contributed by atoms with Crippen LogP contribution in [0.25, 0.3) is 0 Å². The van der Waals surface area contributed by atoms with Crippen molar-refractivity contribution in [2.75, 3.05) is 23.7 Å². The normalized spacial score (nSPS) is 16.5. The Bertz CT molecular complexity index is 304. The highest BCUT2D eigenvalue weighted by molar-refractivity contribution is 5.43. The number of rotatable bonds is 1. The number of hydrogen-bond donors (Lipinski definition) is 1. The Hall–Kier alpha value is -1.32. The molecule has 1 aliphatic heterocycles.